The van der Waals surface area contributed by atoms with E-state index in [-0.39, 0.29) is 6.54 Å². The van der Waals surface area contributed by atoms with Crippen LogP contribution in [0.5, 0.6) is 0 Å². The minimum atomic E-state index is -3.99. The van der Waals surface area contributed by atoms with Crippen molar-refractivity contribution in [1.82, 2.24) is 14.8 Å². The number of alkyl halides is 2. The summed E-state index contributed by atoms with van der Waals surface area (Å²) in [5.41, 5.74) is 0.951. The fourth-order valence-corrected chi connectivity index (χ4v) is 4.68. The summed E-state index contributed by atoms with van der Waals surface area (Å²) in [6, 6.07) is 3.52. The van der Waals surface area contributed by atoms with Gasteiger partial charge in [-0.05, 0) is 26.0 Å². The normalized spacial score (nSPS) is 17.7. The molecular weight excluding hydrogens is 404 g/mol. The number of sulfone groups is 1. The van der Waals surface area contributed by atoms with E-state index in [1.807, 2.05) is 0 Å². The van der Waals surface area contributed by atoms with Crippen LogP contribution in [-0.4, -0.2) is 58.8 Å². The van der Waals surface area contributed by atoms with E-state index in [1.54, 1.807) is 44.6 Å². The highest BCUT2D eigenvalue weighted by molar-refractivity contribution is 7.92. The average Bonchev–Trinajstić information content (AvgIpc) is 3.05. The first-order valence-electron chi connectivity index (χ1n) is 8.98. The number of carbonyl (C=O) groups excluding carboxylic acids is 1. The number of hydrogen-bond donors (Lipinski definition) is 1. The van der Waals surface area contributed by atoms with Crippen LogP contribution < -0.4 is 4.90 Å². The maximum Gasteiger partial charge on any atom is 0.273 e. The van der Waals surface area contributed by atoms with Crippen LogP contribution in [0.2, 0.25) is 0 Å². The Morgan fingerprint density at radius 2 is 2.14 bits per heavy atom. The van der Waals surface area contributed by atoms with E-state index in [4.69, 9.17) is 5.41 Å². The smallest absolute Gasteiger partial charge is 0.273 e. The Bertz CT molecular complexity index is 1040. The minimum absolute atomic E-state index is 0.182. The highest BCUT2D eigenvalue weighted by Gasteiger charge is 2.58. The second-order valence-corrected chi connectivity index (χ2v) is 9.11. The summed E-state index contributed by atoms with van der Waals surface area (Å²) in [5.74, 6) is -6.58. The van der Waals surface area contributed by atoms with Gasteiger partial charge in [-0.25, -0.2) is 21.9 Å². The molecule has 1 N–H and O–H groups in total. The van der Waals surface area contributed by atoms with Crippen molar-refractivity contribution in [2.24, 2.45) is 5.92 Å². The summed E-state index contributed by atoms with van der Waals surface area (Å²) < 4.78 is 51.8. The van der Waals surface area contributed by atoms with Crippen LogP contribution in [0.3, 0.4) is 0 Å². The topological polar surface area (TPSA) is 109 Å². The molecular formula is C18H21F2N5O3S. The molecule has 1 amide bonds. The molecule has 2 heterocycles. The molecule has 29 heavy (non-hydrogen) atoms. The number of halogens is 2. The van der Waals surface area contributed by atoms with Gasteiger partial charge < -0.3 is 4.90 Å². The van der Waals surface area contributed by atoms with E-state index in [0.29, 0.717) is 17.1 Å². The monoisotopic (exact) mass is 425 g/mol. The highest BCUT2D eigenvalue weighted by Crippen LogP contribution is 2.49. The second-order valence-electron chi connectivity index (χ2n) is 7.00. The van der Waals surface area contributed by atoms with Crippen molar-refractivity contribution >= 4 is 27.1 Å². The molecule has 1 unspecified atom stereocenters. The van der Waals surface area contributed by atoms with Crippen LogP contribution in [0.4, 0.5) is 14.5 Å². The van der Waals surface area contributed by atoms with Crippen molar-refractivity contribution < 1.29 is 22.0 Å². The predicted octanol–water partition coefficient (Wildman–Crippen LogP) is 2.02. The van der Waals surface area contributed by atoms with E-state index < -0.39 is 51.2 Å². The number of nitrogens with one attached hydrogen (secondary N) is 1. The molecule has 2 aromatic rings. The molecule has 3 rings (SSSR count). The number of hydrogen-bond acceptors (Lipinski definition) is 6. The van der Waals surface area contributed by atoms with E-state index in [9.17, 15) is 22.0 Å². The summed E-state index contributed by atoms with van der Waals surface area (Å²) in [7, 11) is -3.99. The molecule has 1 saturated carbocycles. The van der Waals surface area contributed by atoms with Crippen molar-refractivity contribution in [2.75, 3.05) is 23.0 Å². The average molecular weight is 425 g/mol. The number of nitrogens with zero attached hydrogens (tertiary/aromatic N) is 4. The molecule has 11 heteroatoms. The van der Waals surface area contributed by atoms with E-state index in [2.05, 4.69) is 10.1 Å². The van der Waals surface area contributed by atoms with Crippen molar-refractivity contribution in [3.05, 3.63) is 36.4 Å². The molecule has 0 spiro atoms. The number of aryl methyl sites for hydroxylation is 1. The van der Waals surface area contributed by atoms with Gasteiger partial charge in [0, 0.05) is 25.1 Å². The number of carbonyl (C=O) groups is 1. The number of aromatic nitrogens is 3. The third-order valence-electron chi connectivity index (χ3n) is 4.67. The highest BCUT2D eigenvalue weighted by atomic mass is 32.2. The molecule has 1 aliphatic carbocycles. The van der Waals surface area contributed by atoms with Gasteiger partial charge in [-0.15, -0.1) is 0 Å². The molecule has 8 nitrogen and oxygen atoms in total. The fraction of sp³-hybridized carbons (Fsp3) is 0.444. The fourth-order valence-electron chi connectivity index (χ4n) is 3.02. The number of anilines is 1. The van der Waals surface area contributed by atoms with Gasteiger partial charge in [0.2, 0.25) is 0 Å². The molecule has 0 aliphatic heterocycles. The molecule has 1 aliphatic rings. The van der Waals surface area contributed by atoms with Gasteiger partial charge in [0.15, 0.2) is 9.84 Å². The Labute approximate surface area is 167 Å². The van der Waals surface area contributed by atoms with Crippen molar-refractivity contribution in [3.63, 3.8) is 0 Å². The van der Waals surface area contributed by atoms with Crippen LogP contribution in [0.15, 0.2) is 30.7 Å². The lowest BCUT2D eigenvalue weighted by Crippen LogP contribution is -2.39. The zero-order chi connectivity index (χ0) is 21.4. The lowest BCUT2D eigenvalue weighted by atomic mass is 10.3. The maximum absolute atomic E-state index is 13.0. The summed E-state index contributed by atoms with van der Waals surface area (Å²) >= 11 is 0. The Morgan fingerprint density at radius 1 is 1.45 bits per heavy atom. The van der Waals surface area contributed by atoms with E-state index >= 15 is 0 Å². The van der Waals surface area contributed by atoms with Gasteiger partial charge in [0.1, 0.15) is 5.71 Å². The first kappa shape index (κ1) is 21.0. The second kappa shape index (κ2) is 7.62. The number of pyridine rings is 1. The molecule has 1 fully saturated rings. The van der Waals surface area contributed by atoms with Gasteiger partial charge in [0.25, 0.3) is 11.8 Å². The van der Waals surface area contributed by atoms with Crippen LogP contribution >= 0.6 is 0 Å². The molecule has 2 aromatic heterocycles. The molecule has 1 atom stereocenters. The predicted molar refractivity (Wildman–Crippen MR) is 104 cm³/mol. The lowest BCUT2D eigenvalue weighted by Gasteiger charge is -2.20. The quantitative estimate of drug-likeness (QED) is 0.651. The van der Waals surface area contributed by atoms with Crippen LogP contribution in [0.25, 0.3) is 5.69 Å². The largest absolute Gasteiger partial charge is 0.304 e. The molecule has 0 saturated heterocycles. The van der Waals surface area contributed by atoms with Crippen molar-refractivity contribution in [3.8, 4) is 5.69 Å². The number of rotatable bonds is 8. The molecule has 0 aromatic carbocycles. The summed E-state index contributed by atoms with van der Waals surface area (Å²) in [5, 5.41) is 12.3. The number of amides is 1. The molecule has 0 radical (unpaired) electrons. The Morgan fingerprint density at radius 3 is 2.69 bits per heavy atom. The van der Waals surface area contributed by atoms with Crippen LogP contribution in [0.1, 0.15) is 19.0 Å². The summed E-state index contributed by atoms with van der Waals surface area (Å²) in [6.07, 6.45) is 4.33. The van der Waals surface area contributed by atoms with Crippen LogP contribution in [0, 0.1) is 18.3 Å². The maximum atomic E-state index is 13.0. The van der Waals surface area contributed by atoms with Crippen molar-refractivity contribution in [1.29, 1.82) is 5.41 Å². The van der Waals surface area contributed by atoms with Gasteiger partial charge >= 0.3 is 0 Å². The van der Waals surface area contributed by atoms with Gasteiger partial charge in [0.05, 0.1) is 41.0 Å². The zero-order valence-corrected chi connectivity index (χ0v) is 16.8. The van der Waals surface area contributed by atoms with Crippen LogP contribution in [-0.2, 0) is 14.6 Å². The molecule has 156 valence electrons. The Balaban J connectivity index is 1.75. The minimum Gasteiger partial charge on any atom is -0.304 e. The zero-order valence-electron chi connectivity index (χ0n) is 16.0. The van der Waals surface area contributed by atoms with E-state index in [0.717, 1.165) is 0 Å². The van der Waals surface area contributed by atoms with Crippen molar-refractivity contribution in [2.45, 2.75) is 26.2 Å². The third-order valence-corrected chi connectivity index (χ3v) is 6.31. The molecule has 0 bridgehead atoms. The SMILES string of the molecule is CCN(C(=O)C(=N)CS(=O)(=O)CC1CC1(F)F)c1cn(-c2cccnc2)nc1C. The third kappa shape index (κ3) is 4.66. The van der Waals surface area contributed by atoms with Gasteiger partial charge in [-0.2, -0.15) is 5.10 Å². The summed E-state index contributed by atoms with van der Waals surface area (Å²) in [4.78, 5) is 18.0. The standard InChI is InChI=1S/C18H21F2N5O3S/c1-3-24(16-9-25(23-12(16)2)14-5-4-6-22-8-14)17(26)15(21)11-29(27,28)10-13-7-18(13,19)20/h4-6,8-9,13,21H,3,7,10-11H2,1-2H3. The van der Waals surface area contributed by atoms with E-state index in [1.165, 1.54) is 9.58 Å². The summed E-state index contributed by atoms with van der Waals surface area (Å²) in [6.45, 7) is 3.56. The Kier molecular flexibility index (Phi) is 5.52. The first-order chi connectivity index (χ1) is 13.5. The van der Waals surface area contributed by atoms with Gasteiger partial charge in [-0.1, -0.05) is 0 Å². The first-order valence-corrected chi connectivity index (χ1v) is 10.8. The van der Waals surface area contributed by atoms with Gasteiger partial charge in [-0.3, -0.25) is 15.2 Å². The lowest BCUT2D eigenvalue weighted by molar-refractivity contribution is -0.112. The Hall–Kier alpha value is -2.69.